The number of likely N-dealkylation sites (tertiary alicyclic amines) is 1. The van der Waals surface area contributed by atoms with Gasteiger partial charge in [-0.2, -0.15) is 5.10 Å². The van der Waals surface area contributed by atoms with Gasteiger partial charge in [-0.25, -0.2) is 0 Å². The Kier molecular flexibility index (Phi) is 7.90. The Morgan fingerprint density at radius 3 is 2.62 bits per heavy atom. The maximum absolute atomic E-state index is 12.5. The van der Waals surface area contributed by atoms with Gasteiger partial charge in [0.15, 0.2) is 0 Å². The summed E-state index contributed by atoms with van der Waals surface area (Å²) in [7, 11) is 1.88. The van der Waals surface area contributed by atoms with Gasteiger partial charge in [-0.15, -0.1) is 12.4 Å². The molecule has 26 heavy (non-hydrogen) atoms. The zero-order valence-corrected chi connectivity index (χ0v) is 16.3. The lowest BCUT2D eigenvalue weighted by Gasteiger charge is -2.21. The van der Waals surface area contributed by atoms with E-state index in [2.05, 4.69) is 15.7 Å². The van der Waals surface area contributed by atoms with Crippen molar-refractivity contribution in [2.75, 3.05) is 32.7 Å². The van der Waals surface area contributed by atoms with E-state index in [1.807, 2.05) is 24.3 Å². The Balaban J connectivity index is 0.00000243. The standard InChI is InChI=1S/C18H29N5O2.ClH/c1-22-13-14(10-21-22)15-11-19-12-16(15)18(25)20-7-6-17(24)23-8-4-2-3-5-9-23;/h10,13,15-16,19H,2-9,11-12H2,1H3,(H,20,25);1H/t15-,16+;/m1./s1. The minimum atomic E-state index is -0.0995. The third kappa shape index (κ3) is 5.20. The lowest BCUT2D eigenvalue weighted by Crippen LogP contribution is -2.38. The number of amides is 2. The molecule has 0 radical (unpaired) electrons. The second-order valence-corrected chi connectivity index (χ2v) is 7.15. The van der Waals surface area contributed by atoms with Crippen molar-refractivity contribution in [2.24, 2.45) is 13.0 Å². The largest absolute Gasteiger partial charge is 0.355 e. The van der Waals surface area contributed by atoms with E-state index in [-0.39, 0.29) is 36.1 Å². The average molecular weight is 384 g/mol. The van der Waals surface area contributed by atoms with Crippen molar-refractivity contribution < 1.29 is 9.59 Å². The van der Waals surface area contributed by atoms with E-state index in [1.54, 1.807) is 4.68 Å². The molecule has 8 heteroatoms. The van der Waals surface area contributed by atoms with Gasteiger partial charge in [-0.1, -0.05) is 12.8 Å². The van der Waals surface area contributed by atoms with Gasteiger partial charge in [0.1, 0.15) is 0 Å². The maximum atomic E-state index is 12.5. The molecule has 2 fully saturated rings. The highest BCUT2D eigenvalue weighted by Crippen LogP contribution is 2.27. The summed E-state index contributed by atoms with van der Waals surface area (Å²) in [6.45, 7) is 3.61. The van der Waals surface area contributed by atoms with Gasteiger partial charge in [-0.3, -0.25) is 14.3 Å². The van der Waals surface area contributed by atoms with E-state index in [4.69, 9.17) is 0 Å². The van der Waals surface area contributed by atoms with Gasteiger partial charge in [0.05, 0.1) is 12.1 Å². The van der Waals surface area contributed by atoms with E-state index in [1.165, 1.54) is 12.8 Å². The highest BCUT2D eigenvalue weighted by Gasteiger charge is 2.34. The van der Waals surface area contributed by atoms with Crippen LogP contribution in [0.4, 0.5) is 0 Å². The Bertz CT molecular complexity index is 598. The van der Waals surface area contributed by atoms with Crippen LogP contribution in [0.1, 0.15) is 43.6 Å². The molecule has 2 aliphatic rings. The Morgan fingerprint density at radius 1 is 1.23 bits per heavy atom. The van der Waals surface area contributed by atoms with Crippen LogP contribution in [0.2, 0.25) is 0 Å². The number of hydrogen-bond donors (Lipinski definition) is 2. The van der Waals surface area contributed by atoms with Crippen molar-refractivity contribution in [1.29, 1.82) is 0 Å². The predicted octanol–water partition coefficient (Wildman–Crippen LogP) is 1.05. The number of aryl methyl sites for hydroxylation is 1. The molecule has 3 heterocycles. The Hall–Kier alpha value is -1.60. The summed E-state index contributed by atoms with van der Waals surface area (Å²) in [5.41, 5.74) is 1.09. The van der Waals surface area contributed by atoms with E-state index in [9.17, 15) is 9.59 Å². The Labute approximate surface area is 161 Å². The van der Waals surface area contributed by atoms with Crippen LogP contribution in [0, 0.1) is 5.92 Å². The van der Waals surface area contributed by atoms with Gasteiger partial charge >= 0.3 is 0 Å². The van der Waals surface area contributed by atoms with E-state index in [0.29, 0.717) is 19.5 Å². The molecule has 0 bridgehead atoms. The lowest BCUT2D eigenvalue weighted by molar-refractivity contribution is -0.131. The first-order valence-electron chi connectivity index (χ1n) is 9.40. The van der Waals surface area contributed by atoms with E-state index >= 15 is 0 Å². The van der Waals surface area contributed by atoms with E-state index in [0.717, 1.165) is 38.0 Å². The van der Waals surface area contributed by atoms with Gasteiger partial charge in [0, 0.05) is 58.3 Å². The summed E-state index contributed by atoms with van der Waals surface area (Å²) >= 11 is 0. The van der Waals surface area contributed by atoms with Crippen LogP contribution in [-0.2, 0) is 16.6 Å². The molecule has 0 unspecified atom stereocenters. The fraction of sp³-hybridized carbons (Fsp3) is 0.722. The minimum Gasteiger partial charge on any atom is -0.355 e. The first-order valence-corrected chi connectivity index (χ1v) is 9.40. The second kappa shape index (κ2) is 9.92. The molecule has 0 aromatic carbocycles. The van der Waals surface area contributed by atoms with Crippen LogP contribution in [-0.4, -0.2) is 59.2 Å². The molecule has 0 spiro atoms. The molecule has 2 saturated heterocycles. The third-order valence-corrected chi connectivity index (χ3v) is 5.30. The highest BCUT2D eigenvalue weighted by molar-refractivity contribution is 5.85. The molecular weight excluding hydrogens is 354 g/mol. The van der Waals surface area contributed by atoms with Crippen molar-refractivity contribution >= 4 is 24.2 Å². The predicted molar refractivity (Wildman–Crippen MR) is 102 cm³/mol. The number of nitrogens with one attached hydrogen (secondary N) is 2. The number of halogens is 1. The molecule has 0 aliphatic carbocycles. The summed E-state index contributed by atoms with van der Waals surface area (Å²) in [6.07, 6.45) is 8.82. The topological polar surface area (TPSA) is 79.3 Å². The molecule has 2 aliphatic heterocycles. The number of rotatable bonds is 5. The van der Waals surface area contributed by atoms with Crippen LogP contribution < -0.4 is 10.6 Å². The van der Waals surface area contributed by atoms with Crippen molar-refractivity contribution in [1.82, 2.24) is 25.3 Å². The molecule has 146 valence electrons. The zero-order valence-electron chi connectivity index (χ0n) is 15.4. The van der Waals surface area contributed by atoms with Crippen LogP contribution in [0.5, 0.6) is 0 Å². The first-order chi connectivity index (χ1) is 12.1. The zero-order chi connectivity index (χ0) is 17.6. The molecule has 7 nitrogen and oxygen atoms in total. The number of carbonyl (C=O) groups is 2. The van der Waals surface area contributed by atoms with Gasteiger partial charge in [0.2, 0.25) is 11.8 Å². The highest BCUT2D eigenvalue weighted by atomic mass is 35.5. The Morgan fingerprint density at radius 2 is 1.96 bits per heavy atom. The summed E-state index contributed by atoms with van der Waals surface area (Å²) in [5, 5.41) is 10.5. The smallest absolute Gasteiger partial charge is 0.225 e. The molecule has 3 rings (SSSR count). The lowest BCUT2D eigenvalue weighted by atomic mass is 9.90. The fourth-order valence-corrected chi connectivity index (χ4v) is 3.84. The minimum absolute atomic E-state index is 0. The monoisotopic (exact) mass is 383 g/mol. The van der Waals surface area contributed by atoms with Crippen LogP contribution in [0.25, 0.3) is 0 Å². The van der Waals surface area contributed by atoms with E-state index < -0.39 is 0 Å². The van der Waals surface area contributed by atoms with Crippen LogP contribution in [0.3, 0.4) is 0 Å². The van der Waals surface area contributed by atoms with Gasteiger partial charge < -0.3 is 15.5 Å². The summed E-state index contributed by atoms with van der Waals surface area (Å²) in [5.74, 6) is 0.241. The first kappa shape index (κ1) is 20.7. The maximum Gasteiger partial charge on any atom is 0.225 e. The quantitative estimate of drug-likeness (QED) is 0.796. The molecule has 2 atom stereocenters. The molecule has 0 saturated carbocycles. The number of nitrogens with zero attached hydrogens (tertiary/aromatic N) is 3. The normalized spacial score (nSPS) is 23.2. The molecule has 1 aromatic rings. The van der Waals surface area contributed by atoms with Crippen molar-refractivity contribution in [2.45, 2.75) is 38.0 Å². The number of carbonyl (C=O) groups excluding carboxylic acids is 2. The number of aromatic nitrogens is 2. The average Bonchev–Trinajstić information content (AvgIpc) is 3.16. The van der Waals surface area contributed by atoms with Crippen molar-refractivity contribution in [3.05, 3.63) is 18.0 Å². The van der Waals surface area contributed by atoms with Gasteiger partial charge in [0.25, 0.3) is 0 Å². The van der Waals surface area contributed by atoms with Crippen molar-refractivity contribution in [3.8, 4) is 0 Å². The summed E-state index contributed by atoms with van der Waals surface area (Å²) < 4.78 is 1.77. The number of hydrogen-bond acceptors (Lipinski definition) is 4. The molecule has 2 N–H and O–H groups in total. The van der Waals surface area contributed by atoms with Crippen LogP contribution >= 0.6 is 12.4 Å². The third-order valence-electron chi connectivity index (χ3n) is 5.30. The van der Waals surface area contributed by atoms with Crippen molar-refractivity contribution in [3.63, 3.8) is 0 Å². The summed E-state index contributed by atoms with van der Waals surface area (Å²) in [6, 6.07) is 0. The molecule has 2 amide bonds. The SMILES string of the molecule is Cl.Cn1cc([C@H]2CNC[C@@H]2C(=O)NCCC(=O)N2CCCCCC2)cn1. The fourth-order valence-electron chi connectivity index (χ4n) is 3.84. The molecule has 1 aromatic heterocycles. The summed E-state index contributed by atoms with van der Waals surface area (Å²) in [4.78, 5) is 26.8. The second-order valence-electron chi connectivity index (χ2n) is 7.15. The van der Waals surface area contributed by atoms with Gasteiger partial charge in [-0.05, 0) is 18.4 Å². The molecular formula is C18H30ClN5O2. The van der Waals surface area contributed by atoms with Crippen LogP contribution in [0.15, 0.2) is 12.4 Å².